The van der Waals surface area contributed by atoms with Crippen molar-refractivity contribution in [2.75, 3.05) is 118 Å². The molecule has 147 heavy (non-hydrogen) atoms. The molecule has 13 heterocycles. The normalized spacial score (nSPS) is 15.2. The van der Waals surface area contributed by atoms with Gasteiger partial charge in [0.1, 0.15) is 75.9 Å². The zero-order chi connectivity index (χ0) is 107. The number of ether oxygens (including phenoxy) is 4. The minimum absolute atomic E-state index is 0. The second kappa shape index (κ2) is 50.1. The summed E-state index contributed by atoms with van der Waals surface area (Å²) in [5.74, 6) is 1.60. The van der Waals surface area contributed by atoms with Gasteiger partial charge in [0.15, 0.2) is 5.82 Å². The van der Waals surface area contributed by atoms with E-state index in [0.29, 0.717) is 129 Å². The predicted octanol–water partition coefficient (Wildman–Crippen LogP) is 14.0. The Labute approximate surface area is 881 Å². The Kier molecular flexibility index (Phi) is 38.5. The van der Waals surface area contributed by atoms with Crippen LogP contribution in [0.3, 0.4) is 0 Å². The smallest absolute Gasteiger partial charge is 0.410 e. The van der Waals surface area contributed by atoms with E-state index in [2.05, 4.69) is 111 Å². The number of benzene rings is 4. The molecule has 6 amide bonds. The molecule has 0 bridgehead atoms. The number of hydrogen-bond acceptors (Lipinski definition) is 38. The third-order valence-corrected chi connectivity index (χ3v) is 21.8. The third kappa shape index (κ3) is 33.8. The van der Waals surface area contributed by atoms with Crippen LogP contribution in [0.15, 0.2) is 134 Å². The van der Waals surface area contributed by atoms with Gasteiger partial charge in [-0.15, -0.1) is 0 Å². The van der Waals surface area contributed by atoms with Crippen LogP contribution in [0.25, 0.3) is 0 Å². The number of nitrogens with zero attached hydrogens (tertiary/aromatic N) is 21. The number of nitrogen functional groups attached to an aromatic ring is 1. The number of fused-ring (bicyclic) bond motifs is 2. The Balaban J connectivity index is 0.000000182. The van der Waals surface area contributed by atoms with Gasteiger partial charge < -0.3 is 92.5 Å². The van der Waals surface area contributed by atoms with Gasteiger partial charge in [-0.05, 0) is 218 Å². The van der Waals surface area contributed by atoms with Crippen molar-refractivity contribution in [3.8, 4) is 0 Å². The number of rotatable bonds is 19. The van der Waals surface area contributed by atoms with E-state index >= 15 is 0 Å². The number of anilines is 14. The number of nitrogens with two attached hydrogens (primary N) is 2. The maximum atomic E-state index is 13.1. The van der Waals surface area contributed by atoms with Crippen LogP contribution in [-0.4, -0.2) is 264 Å². The fourth-order valence-corrected chi connectivity index (χ4v) is 14.2. The van der Waals surface area contributed by atoms with Crippen LogP contribution >= 0.6 is 34.8 Å². The van der Waals surface area contributed by atoms with Crippen molar-refractivity contribution >= 4 is 178 Å². The zero-order valence-electron chi connectivity index (χ0n) is 82.6. The molecule has 4 aromatic carbocycles. The molecule has 6 aromatic heterocycles. The summed E-state index contributed by atoms with van der Waals surface area (Å²) in [6.07, 6.45) is 10.8. The first-order valence-electron chi connectivity index (χ1n) is 45.7. The summed E-state index contributed by atoms with van der Waals surface area (Å²) in [6, 6.07) is 23.5. The SMILES string of the molecule is CC(C)(C)OC(=O)N1CC(N2C(=O)Cc3cnc(Nc4ccc(F)cc4)nc32)C1.CC(C)(C)OC(=O)N1CC(Nc2nc(Cl)ncc2[N+](=O)[O-])C1.CC(C)(C)OC(=O)N1CC(Nc2nc(Nc3ccc(F)cc3)ncc2N)C1.CC(C)(C)OC(=O)N1CC(Nc2nc(Nc3ccc(F)cc3)ncc2[N+](=O)[O-])C1.NC1CCC1.O=C1Cc2cnc(Nc3ccc(F)cc3)nc2N1C1CNC1.O=[N+]([O-])c1cnc(Cl)nc1Cl.[3H][B].[U]. The second-order valence-electron chi connectivity index (χ2n) is 37.6. The number of nitrogens with one attached hydrogen (secondary N) is 8. The Morgan fingerprint density at radius 1 is 0.429 bits per heavy atom. The second-order valence-corrected chi connectivity index (χ2v) is 38.6. The summed E-state index contributed by atoms with van der Waals surface area (Å²) in [4.78, 5) is 161. The van der Waals surface area contributed by atoms with Gasteiger partial charge in [-0.2, -0.15) is 29.9 Å². The van der Waals surface area contributed by atoms with Crippen LogP contribution in [0.5, 0.6) is 0 Å². The van der Waals surface area contributed by atoms with Gasteiger partial charge in [0.05, 0.1) is 69.7 Å². The fourth-order valence-electron chi connectivity index (χ4n) is 13.7. The van der Waals surface area contributed by atoms with Crippen LogP contribution in [0.1, 0.15) is 113 Å². The van der Waals surface area contributed by atoms with Crippen molar-refractivity contribution in [3.05, 3.63) is 215 Å². The van der Waals surface area contributed by atoms with Crippen LogP contribution < -0.4 is 63.8 Å². The Hall–Kier alpha value is -14.4. The summed E-state index contributed by atoms with van der Waals surface area (Å²) in [6.45, 7) is 26.4. The minimum atomic E-state index is -0.682. The molecule has 6 fully saturated rings. The molecule has 2 radical (unpaired) electrons. The van der Waals surface area contributed by atoms with E-state index in [1.54, 1.807) is 110 Å². The monoisotopic (exact) mass is 2320 g/mol. The van der Waals surface area contributed by atoms with Gasteiger partial charge in [-0.1, -0.05) is 18.0 Å². The number of amides is 6. The van der Waals surface area contributed by atoms with Crippen molar-refractivity contribution in [1.82, 2.24) is 84.7 Å². The summed E-state index contributed by atoms with van der Waals surface area (Å²) >= 11 is 16.3. The summed E-state index contributed by atoms with van der Waals surface area (Å²) in [7, 11) is 3.75. The average molecular weight is 2320 g/mol. The van der Waals surface area contributed by atoms with Crippen molar-refractivity contribution in [3.63, 3.8) is 0 Å². The molecule has 8 aliphatic rings. The average Bonchev–Trinajstić information content (AvgIpc) is 1.61. The molecule has 5 saturated heterocycles. The molecule has 10 aromatic rings. The van der Waals surface area contributed by atoms with E-state index in [-0.39, 0.29) is 165 Å². The Bertz CT molecular complexity index is 6340. The van der Waals surface area contributed by atoms with Gasteiger partial charge in [-0.3, -0.25) is 49.7 Å². The molecule has 0 unspecified atom stereocenters. The first kappa shape index (κ1) is 113. The number of carbonyl (C=O) groups excluding carboxylic acids is 6. The van der Waals surface area contributed by atoms with Gasteiger partial charge >= 0.3 is 41.4 Å². The van der Waals surface area contributed by atoms with Gasteiger partial charge in [0.2, 0.25) is 63.0 Å². The Morgan fingerprint density at radius 3 is 1.03 bits per heavy atom. The standard InChI is InChI=1S/C20H22FN5O3.C18H21FN6O4.C18H23FN6O2.C15H14FN5O.C12H16ClN5O4.C4HCl2N3O2.C4H9N.BH.U/c1-20(2,3)29-19(28)25-10-15(11-25)26-16(27)8-12-9-22-18(24-17(12)26)23-14-6-4-13(21)5-7-14;1-18(2,3)29-17(26)24-9-13(10-24)21-15-14(25(27)28)8-20-16(23-15)22-12-6-4-11(19)5-7-12;1-18(2,3)27-17(26)25-9-13(10-25)22-15-14(20)8-21-16(24-15)23-12-6-4-11(19)5-7-12;16-10-1-3-11(4-2-10)19-15-18-6-9-5-13(22)21(14(9)20-15)12-7-17-8-12;1-12(2,3)22-11(19)17-5-7(6-17)15-9-8(18(20)21)4-14-10(13)16-9;5-3-2(9(10)11)1-7-4(6)8-3;5-4-2-1-3-4;;/h4-7,9,15H,8,10-11H2,1-3H3,(H,22,23,24);4-8,13H,9-10H2,1-3H3,(H2,20,21,22,23);4-8,13H,9-10,20H2,1-3H3,(H2,21,22,23,24);1-4,6,12,17H,5,7-8H2,(H,18,19,20);4,7H,5-6H2,1-3H3,(H,14,15,16);1H;4H,1-3,5H2;1H;/i;;;;;;;1T;. The van der Waals surface area contributed by atoms with Gasteiger partial charge in [0.25, 0.3) is 0 Å². The van der Waals surface area contributed by atoms with Crippen molar-refractivity contribution in [1.29, 1.82) is 1.34 Å². The molecule has 1 saturated carbocycles. The number of hydrogen-bond donors (Lipinski definition) is 10. The number of nitro groups is 3. The number of aromatic nitrogens is 12. The molecule has 7 aliphatic heterocycles. The molecule has 1 aliphatic carbocycles. The quantitative estimate of drug-likeness (QED) is 0.00683. The van der Waals surface area contributed by atoms with Crippen molar-refractivity contribution in [2.24, 2.45) is 5.73 Å². The zero-order valence-corrected chi connectivity index (χ0v) is 88.0. The first-order chi connectivity index (χ1) is 69.3. The van der Waals surface area contributed by atoms with E-state index in [1.807, 2.05) is 41.5 Å². The summed E-state index contributed by atoms with van der Waals surface area (Å²) in [5.41, 5.74) is 12.7. The van der Waals surface area contributed by atoms with E-state index < -0.39 is 49.4 Å². The predicted molar refractivity (Wildman–Crippen MR) is 536 cm³/mol. The number of likely N-dealkylation sites (tertiary alicyclic amines) is 4. The molecule has 18 rings (SSSR count). The molecule has 0 atom stereocenters. The maximum Gasteiger partial charge on any atom is 0.410 e. The van der Waals surface area contributed by atoms with Crippen LogP contribution in [-0.2, 0) is 41.4 Å². The van der Waals surface area contributed by atoms with Gasteiger partial charge in [-0.25, -0.2) is 66.6 Å². The minimum Gasteiger partial charge on any atom is -0.444 e. The topological polar surface area (TPSA) is 591 Å². The fraction of sp³-hybridized carbons (Fsp3) is 0.407. The van der Waals surface area contributed by atoms with E-state index in [4.69, 9.17) is 66.6 Å². The van der Waals surface area contributed by atoms with E-state index in [1.165, 1.54) is 95.9 Å². The summed E-state index contributed by atoms with van der Waals surface area (Å²) < 4.78 is 78.5. The maximum absolute atomic E-state index is 13.1. The Morgan fingerprint density at radius 2 is 0.714 bits per heavy atom. The molecular weight excluding hydrogens is 2210 g/mol. The molecule has 0 spiro atoms. The summed E-state index contributed by atoms with van der Waals surface area (Å²) in [5, 5.41) is 56.0. The van der Waals surface area contributed by atoms with Crippen molar-refractivity contribution < 1.29 is 111 Å². The molecule has 56 heteroatoms. The van der Waals surface area contributed by atoms with Crippen LogP contribution in [0.2, 0.25) is 15.7 Å². The molecule has 47 nitrogen and oxygen atoms in total. The number of halogens is 7. The molecular formula is C91H107BCl3F4N31O16U. The first-order valence-corrected chi connectivity index (χ1v) is 46.3. The van der Waals surface area contributed by atoms with E-state index in [0.717, 1.165) is 42.8 Å². The van der Waals surface area contributed by atoms with Gasteiger partial charge in [0, 0.05) is 157 Å². The third-order valence-electron chi connectivity index (χ3n) is 21.1. The molecule has 12 N–H and O–H groups in total. The van der Waals surface area contributed by atoms with E-state index in [9.17, 15) is 76.7 Å². The van der Waals surface area contributed by atoms with Crippen LogP contribution in [0, 0.1) is 84.7 Å². The number of carbonyl (C=O) groups is 6. The van der Waals surface area contributed by atoms with Crippen LogP contribution in [0.4, 0.5) is 135 Å². The van der Waals surface area contributed by atoms with Crippen molar-refractivity contribution in [2.45, 2.75) is 174 Å². The molecule has 778 valence electrons. The largest absolute Gasteiger partial charge is 0.444 e.